The van der Waals surface area contributed by atoms with Crippen LogP contribution < -0.4 is 9.47 Å². The zero-order valence-electron chi connectivity index (χ0n) is 15.4. The van der Waals surface area contributed by atoms with E-state index in [9.17, 15) is 45.3 Å². The molecule has 0 heterocycles. The maximum atomic E-state index is 14.2. The third-order valence-corrected chi connectivity index (χ3v) is 4.02. The zero-order valence-corrected chi connectivity index (χ0v) is 15.4. The quantitative estimate of drug-likeness (QED) is 0.340. The van der Waals surface area contributed by atoms with Crippen LogP contribution >= 0.6 is 0 Å². The minimum Gasteiger partial charge on any atom is -0.507 e. The molecule has 0 unspecified atom stereocenters. The first-order valence-electron chi connectivity index (χ1n) is 8.41. The lowest BCUT2D eigenvalue weighted by atomic mass is 9.97. The maximum Gasteiger partial charge on any atom is 0.573 e. The van der Waals surface area contributed by atoms with Gasteiger partial charge in [0.05, 0.1) is 0 Å². The first-order chi connectivity index (χ1) is 14.7. The number of alkyl halides is 6. The summed E-state index contributed by atoms with van der Waals surface area (Å²) in [5, 5.41) is 20.5. The number of benzene rings is 3. The highest BCUT2D eigenvalue weighted by Gasteiger charge is 2.33. The van der Waals surface area contributed by atoms with Crippen molar-refractivity contribution in [2.45, 2.75) is 12.7 Å². The first-order valence-corrected chi connectivity index (χ1v) is 8.41. The molecule has 0 fully saturated rings. The molecule has 4 nitrogen and oxygen atoms in total. The SMILES string of the molecule is Oc1cc(-c2cc(OC(F)(F)F)cc(F)c2F)c(O)cc1-c1cccc(OC(F)(F)F)c1. The molecule has 170 valence electrons. The van der Waals surface area contributed by atoms with Crippen molar-refractivity contribution in [2.75, 3.05) is 0 Å². The minimum atomic E-state index is -5.21. The Morgan fingerprint density at radius 2 is 1.19 bits per heavy atom. The Bertz CT molecular complexity index is 1160. The van der Waals surface area contributed by atoms with Gasteiger partial charge in [0.25, 0.3) is 0 Å². The van der Waals surface area contributed by atoms with E-state index in [-0.39, 0.29) is 17.2 Å². The number of hydrogen-bond donors (Lipinski definition) is 2. The van der Waals surface area contributed by atoms with Crippen molar-refractivity contribution in [2.24, 2.45) is 0 Å². The molecule has 3 aromatic carbocycles. The third kappa shape index (κ3) is 5.31. The fraction of sp³-hybridized carbons (Fsp3) is 0.100. The number of rotatable bonds is 4. The van der Waals surface area contributed by atoms with Crippen molar-refractivity contribution < 1.29 is 54.8 Å². The summed E-state index contributed by atoms with van der Waals surface area (Å²) in [5.74, 6) is -6.63. The van der Waals surface area contributed by atoms with E-state index in [4.69, 9.17) is 0 Å². The number of aromatic hydroxyl groups is 2. The molecule has 0 aromatic heterocycles. The summed E-state index contributed by atoms with van der Waals surface area (Å²) in [6, 6.07) is 6.40. The van der Waals surface area contributed by atoms with Crippen LogP contribution in [-0.4, -0.2) is 22.9 Å². The van der Waals surface area contributed by atoms with Gasteiger partial charge >= 0.3 is 12.7 Å². The van der Waals surface area contributed by atoms with Crippen molar-refractivity contribution >= 4 is 0 Å². The molecule has 0 aliphatic carbocycles. The molecule has 12 heteroatoms. The van der Waals surface area contributed by atoms with Gasteiger partial charge in [-0.2, -0.15) is 0 Å². The monoisotopic (exact) mass is 466 g/mol. The van der Waals surface area contributed by atoms with E-state index in [1.54, 1.807) is 0 Å². The fourth-order valence-electron chi connectivity index (χ4n) is 2.84. The molecule has 0 aliphatic rings. The molecule has 2 N–H and O–H groups in total. The van der Waals surface area contributed by atoms with Gasteiger partial charge in [0.2, 0.25) is 0 Å². The van der Waals surface area contributed by atoms with Crippen LogP contribution in [0.25, 0.3) is 22.3 Å². The van der Waals surface area contributed by atoms with Crippen molar-refractivity contribution in [3.8, 4) is 45.3 Å². The van der Waals surface area contributed by atoms with Crippen LogP contribution in [0, 0.1) is 11.6 Å². The van der Waals surface area contributed by atoms with Gasteiger partial charge in [-0.15, -0.1) is 26.3 Å². The second-order valence-corrected chi connectivity index (χ2v) is 6.28. The molecule has 0 spiro atoms. The van der Waals surface area contributed by atoms with E-state index in [0.29, 0.717) is 12.1 Å². The highest BCUT2D eigenvalue weighted by molar-refractivity contribution is 5.81. The molecule has 3 rings (SSSR count). The van der Waals surface area contributed by atoms with Gasteiger partial charge in [0.1, 0.15) is 23.0 Å². The number of halogens is 8. The van der Waals surface area contributed by atoms with Gasteiger partial charge in [0, 0.05) is 22.8 Å². The topological polar surface area (TPSA) is 58.9 Å². The summed E-state index contributed by atoms with van der Waals surface area (Å²) in [7, 11) is 0. The molecular formula is C20H10F8O4. The van der Waals surface area contributed by atoms with Crippen molar-refractivity contribution in [3.63, 3.8) is 0 Å². The lowest BCUT2D eigenvalue weighted by molar-refractivity contribution is -0.275. The predicted octanol–water partition coefficient (Wildman–Crippen LogP) is 6.51. The normalized spacial score (nSPS) is 12.0. The summed E-state index contributed by atoms with van der Waals surface area (Å²) in [4.78, 5) is 0. The maximum absolute atomic E-state index is 14.2. The van der Waals surface area contributed by atoms with Gasteiger partial charge in [-0.05, 0) is 35.9 Å². The van der Waals surface area contributed by atoms with Crippen LogP contribution in [0.5, 0.6) is 23.0 Å². The lowest BCUT2D eigenvalue weighted by Crippen LogP contribution is -2.17. The number of phenolic OH excluding ortho intramolecular Hbond substituents is 2. The van der Waals surface area contributed by atoms with E-state index >= 15 is 0 Å². The third-order valence-electron chi connectivity index (χ3n) is 4.02. The van der Waals surface area contributed by atoms with E-state index in [0.717, 1.165) is 24.3 Å². The summed E-state index contributed by atoms with van der Waals surface area (Å²) >= 11 is 0. The van der Waals surface area contributed by atoms with Gasteiger partial charge < -0.3 is 19.7 Å². The van der Waals surface area contributed by atoms with Crippen LogP contribution in [0.1, 0.15) is 0 Å². The highest BCUT2D eigenvalue weighted by Crippen LogP contribution is 2.43. The fourth-order valence-corrected chi connectivity index (χ4v) is 2.84. The predicted molar refractivity (Wildman–Crippen MR) is 93.9 cm³/mol. The van der Waals surface area contributed by atoms with Crippen LogP contribution in [0.2, 0.25) is 0 Å². The Kier molecular flexibility index (Phi) is 5.81. The molecule has 0 saturated carbocycles. The van der Waals surface area contributed by atoms with Crippen LogP contribution in [-0.2, 0) is 0 Å². The van der Waals surface area contributed by atoms with Crippen molar-refractivity contribution in [1.29, 1.82) is 0 Å². The molecule has 0 atom stereocenters. The zero-order chi connectivity index (χ0) is 23.8. The first kappa shape index (κ1) is 23.0. The molecule has 0 radical (unpaired) electrons. The van der Waals surface area contributed by atoms with Crippen LogP contribution in [0.15, 0.2) is 48.5 Å². The number of hydrogen-bond acceptors (Lipinski definition) is 4. The lowest BCUT2D eigenvalue weighted by Gasteiger charge is -2.15. The van der Waals surface area contributed by atoms with E-state index < -0.39 is 58.5 Å². The summed E-state index contributed by atoms with van der Waals surface area (Å²) in [6.45, 7) is 0. The standard InChI is InChI=1S/C20H10F8O4/c21-15-6-11(32-20(26,27)28)5-14(18(15)22)13-8-16(29)12(7-17(13)30)9-2-1-3-10(4-9)31-19(23,24)25/h1-8,29-30H. The molecule has 0 saturated heterocycles. The summed E-state index contributed by atoms with van der Waals surface area (Å²) in [5.41, 5.74) is -1.73. The minimum absolute atomic E-state index is 0.0492. The Morgan fingerprint density at radius 3 is 1.81 bits per heavy atom. The molecule has 0 amide bonds. The molecule has 3 aromatic rings. The van der Waals surface area contributed by atoms with Gasteiger partial charge in [-0.25, -0.2) is 8.78 Å². The van der Waals surface area contributed by atoms with Crippen LogP contribution in [0.4, 0.5) is 35.1 Å². The Hall–Kier alpha value is -3.70. The molecular weight excluding hydrogens is 456 g/mol. The number of phenols is 2. The average Bonchev–Trinajstić information content (AvgIpc) is 2.64. The largest absolute Gasteiger partial charge is 0.573 e. The highest BCUT2D eigenvalue weighted by atomic mass is 19.4. The van der Waals surface area contributed by atoms with Gasteiger partial charge in [-0.3, -0.25) is 0 Å². The van der Waals surface area contributed by atoms with Gasteiger partial charge in [-0.1, -0.05) is 12.1 Å². The van der Waals surface area contributed by atoms with E-state index in [2.05, 4.69) is 9.47 Å². The number of ether oxygens (including phenoxy) is 2. The Balaban J connectivity index is 2.07. The second-order valence-electron chi connectivity index (χ2n) is 6.28. The Labute approximate surface area is 173 Å². The van der Waals surface area contributed by atoms with Crippen LogP contribution in [0.3, 0.4) is 0 Å². The summed E-state index contributed by atoms with van der Waals surface area (Å²) in [6.07, 6.45) is -10.2. The molecule has 32 heavy (non-hydrogen) atoms. The Morgan fingerprint density at radius 1 is 0.625 bits per heavy atom. The van der Waals surface area contributed by atoms with E-state index in [1.165, 1.54) is 6.07 Å². The molecule has 0 aliphatic heterocycles. The smallest absolute Gasteiger partial charge is 0.507 e. The summed E-state index contributed by atoms with van der Waals surface area (Å²) < 4.78 is 110. The average molecular weight is 466 g/mol. The van der Waals surface area contributed by atoms with E-state index in [1.807, 2.05) is 0 Å². The van der Waals surface area contributed by atoms with Crippen molar-refractivity contribution in [3.05, 3.63) is 60.2 Å². The second kappa shape index (κ2) is 8.09. The van der Waals surface area contributed by atoms with Gasteiger partial charge in [0.15, 0.2) is 11.6 Å². The van der Waals surface area contributed by atoms with Crippen molar-refractivity contribution in [1.82, 2.24) is 0 Å². The molecule has 0 bridgehead atoms.